The van der Waals surface area contributed by atoms with Crippen molar-refractivity contribution in [2.24, 2.45) is 0 Å². The van der Waals surface area contributed by atoms with Crippen molar-refractivity contribution in [3.05, 3.63) is 35.9 Å². The zero-order chi connectivity index (χ0) is 14.8. The van der Waals surface area contributed by atoms with Crippen molar-refractivity contribution < 1.29 is 19.1 Å². The molecular weight excluding hydrogens is 260 g/mol. The first kappa shape index (κ1) is 15.5. The predicted octanol–water partition coefficient (Wildman–Crippen LogP) is 1.71. The summed E-state index contributed by atoms with van der Waals surface area (Å²) in [5.41, 5.74) is 0.853. The molecule has 1 aromatic carbocycles. The molecule has 20 heavy (non-hydrogen) atoms. The van der Waals surface area contributed by atoms with E-state index in [4.69, 9.17) is 10.00 Å². The number of hydrogen-bond donors (Lipinski definition) is 0. The van der Waals surface area contributed by atoms with Crippen molar-refractivity contribution in [1.82, 2.24) is 4.90 Å². The largest absolute Gasteiger partial charge is 0.469 e. The van der Waals surface area contributed by atoms with Gasteiger partial charge in [-0.25, -0.2) is 4.79 Å². The molecule has 106 valence electrons. The average molecular weight is 276 g/mol. The molecule has 1 amide bonds. The number of nitrogens with zero attached hydrogens (tertiary/aromatic N) is 2. The molecular formula is C14H16N2O4. The normalized spacial score (nSPS) is 9.40. The van der Waals surface area contributed by atoms with E-state index < -0.39 is 12.1 Å². The van der Waals surface area contributed by atoms with E-state index in [0.717, 1.165) is 5.56 Å². The molecule has 0 aliphatic rings. The predicted molar refractivity (Wildman–Crippen MR) is 70.4 cm³/mol. The summed E-state index contributed by atoms with van der Waals surface area (Å²) in [5, 5.41) is 8.68. The topological polar surface area (TPSA) is 79.6 Å². The van der Waals surface area contributed by atoms with Gasteiger partial charge in [0.15, 0.2) is 0 Å². The van der Waals surface area contributed by atoms with Gasteiger partial charge in [0.2, 0.25) is 0 Å². The van der Waals surface area contributed by atoms with Crippen molar-refractivity contribution >= 4 is 12.1 Å². The summed E-state index contributed by atoms with van der Waals surface area (Å²) in [6, 6.07) is 11.1. The summed E-state index contributed by atoms with van der Waals surface area (Å²) in [6.07, 6.45) is -0.599. The van der Waals surface area contributed by atoms with Crippen LogP contribution in [-0.4, -0.2) is 37.2 Å². The first-order chi connectivity index (χ1) is 9.67. The molecule has 0 atom stereocenters. The molecule has 0 fully saturated rings. The van der Waals surface area contributed by atoms with Crippen LogP contribution >= 0.6 is 0 Å². The molecule has 0 aliphatic carbocycles. The highest BCUT2D eigenvalue weighted by Gasteiger charge is 2.16. The summed E-state index contributed by atoms with van der Waals surface area (Å²) in [4.78, 5) is 24.0. The number of carbonyl (C=O) groups excluding carboxylic acids is 2. The number of amides is 1. The maximum atomic E-state index is 11.8. The molecule has 0 radical (unpaired) electrons. The molecule has 0 saturated heterocycles. The lowest BCUT2D eigenvalue weighted by Crippen LogP contribution is -2.34. The number of nitriles is 1. The number of ether oxygens (including phenoxy) is 2. The third-order valence-corrected chi connectivity index (χ3v) is 2.54. The summed E-state index contributed by atoms with van der Waals surface area (Å²) in [7, 11) is 1.27. The Bertz CT molecular complexity index is 482. The lowest BCUT2D eigenvalue weighted by atomic mass is 10.2. The minimum Gasteiger partial charge on any atom is -0.469 e. The molecule has 1 aromatic rings. The highest BCUT2D eigenvalue weighted by atomic mass is 16.6. The molecule has 6 nitrogen and oxygen atoms in total. The van der Waals surface area contributed by atoms with Gasteiger partial charge in [-0.15, -0.1) is 0 Å². The van der Waals surface area contributed by atoms with Gasteiger partial charge in [-0.3, -0.25) is 9.69 Å². The Morgan fingerprint density at radius 1 is 1.30 bits per heavy atom. The van der Waals surface area contributed by atoms with E-state index in [2.05, 4.69) is 4.74 Å². The highest BCUT2D eigenvalue weighted by molar-refractivity contribution is 5.72. The Morgan fingerprint density at radius 2 is 2.00 bits per heavy atom. The second kappa shape index (κ2) is 8.53. The summed E-state index contributed by atoms with van der Waals surface area (Å²) in [6.45, 7) is 0.0816. The molecule has 0 aliphatic heterocycles. The lowest BCUT2D eigenvalue weighted by molar-refractivity contribution is -0.140. The minimum atomic E-state index is -0.626. The fraction of sp³-hybridized carbons (Fsp3) is 0.357. The molecule has 1 rings (SSSR count). The lowest BCUT2D eigenvalue weighted by Gasteiger charge is -2.18. The number of hydrogen-bond acceptors (Lipinski definition) is 5. The fourth-order valence-corrected chi connectivity index (χ4v) is 1.46. The SMILES string of the molecule is COC(=O)CCN(CC#N)C(=O)OCc1ccccc1. The van der Waals surface area contributed by atoms with Crippen molar-refractivity contribution in [3.8, 4) is 6.07 Å². The van der Waals surface area contributed by atoms with Crippen molar-refractivity contribution in [3.63, 3.8) is 0 Å². The van der Waals surface area contributed by atoms with Gasteiger partial charge in [-0.1, -0.05) is 30.3 Å². The summed E-state index contributed by atoms with van der Waals surface area (Å²) < 4.78 is 9.58. The Morgan fingerprint density at radius 3 is 2.60 bits per heavy atom. The van der Waals surface area contributed by atoms with Crippen LogP contribution in [0.2, 0.25) is 0 Å². The van der Waals surface area contributed by atoms with Crippen LogP contribution in [0, 0.1) is 11.3 Å². The Hall–Kier alpha value is -2.55. The van der Waals surface area contributed by atoms with E-state index in [1.807, 2.05) is 36.4 Å². The van der Waals surface area contributed by atoms with Crippen LogP contribution in [0.25, 0.3) is 0 Å². The van der Waals surface area contributed by atoms with Crippen LogP contribution in [0.1, 0.15) is 12.0 Å². The molecule has 0 heterocycles. The average Bonchev–Trinajstić information content (AvgIpc) is 2.49. The Kier molecular flexibility index (Phi) is 6.62. The molecule has 0 saturated carbocycles. The van der Waals surface area contributed by atoms with Crippen molar-refractivity contribution in [2.45, 2.75) is 13.0 Å². The highest BCUT2D eigenvalue weighted by Crippen LogP contribution is 2.04. The molecule has 0 unspecified atom stereocenters. The van der Waals surface area contributed by atoms with Gasteiger partial charge in [0.05, 0.1) is 19.6 Å². The third-order valence-electron chi connectivity index (χ3n) is 2.54. The minimum absolute atomic E-state index is 0.0264. The number of methoxy groups -OCH3 is 1. The van der Waals surface area contributed by atoms with Gasteiger partial charge in [0, 0.05) is 6.54 Å². The maximum absolute atomic E-state index is 11.8. The van der Waals surface area contributed by atoms with E-state index in [-0.39, 0.29) is 26.1 Å². The van der Waals surface area contributed by atoms with Gasteiger partial charge in [-0.05, 0) is 5.56 Å². The zero-order valence-electron chi connectivity index (χ0n) is 11.2. The molecule has 6 heteroatoms. The Balaban J connectivity index is 2.47. The van der Waals surface area contributed by atoms with Crippen LogP contribution in [0.15, 0.2) is 30.3 Å². The van der Waals surface area contributed by atoms with Crippen LogP contribution in [-0.2, 0) is 20.9 Å². The first-order valence-corrected chi connectivity index (χ1v) is 6.06. The van der Waals surface area contributed by atoms with Crippen LogP contribution in [0.5, 0.6) is 0 Å². The quantitative estimate of drug-likeness (QED) is 0.583. The molecule has 0 aromatic heterocycles. The van der Waals surface area contributed by atoms with Crippen LogP contribution in [0.4, 0.5) is 4.79 Å². The van der Waals surface area contributed by atoms with E-state index in [1.54, 1.807) is 0 Å². The van der Waals surface area contributed by atoms with Gasteiger partial charge in [0.1, 0.15) is 13.2 Å². The monoisotopic (exact) mass is 276 g/mol. The second-order valence-electron chi connectivity index (χ2n) is 3.95. The number of rotatable bonds is 6. The smallest absolute Gasteiger partial charge is 0.410 e. The summed E-state index contributed by atoms with van der Waals surface area (Å²) in [5.74, 6) is -0.441. The maximum Gasteiger partial charge on any atom is 0.410 e. The fourth-order valence-electron chi connectivity index (χ4n) is 1.46. The third kappa shape index (κ3) is 5.40. The number of benzene rings is 1. The van der Waals surface area contributed by atoms with Gasteiger partial charge >= 0.3 is 12.1 Å². The van der Waals surface area contributed by atoms with Crippen LogP contribution < -0.4 is 0 Å². The standard InChI is InChI=1S/C14H16N2O4/c1-19-13(17)7-9-16(10-8-15)14(18)20-11-12-5-3-2-4-6-12/h2-6H,7,9-11H2,1H3. The van der Waals surface area contributed by atoms with E-state index in [9.17, 15) is 9.59 Å². The second-order valence-corrected chi connectivity index (χ2v) is 3.95. The molecule has 0 spiro atoms. The van der Waals surface area contributed by atoms with E-state index in [0.29, 0.717) is 0 Å². The van der Waals surface area contributed by atoms with Gasteiger partial charge in [-0.2, -0.15) is 5.26 Å². The van der Waals surface area contributed by atoms with Gasteiger partial charge < -0.3 is 9.47 Å². The van der Waals surface area contributed by atoms with Gasteiger partial charge in [0.25, 0.3) is 0 Å². The molecule has 0 N–H and O–H groups in total. The first-order valence-electron chi connectivity index (χ1n) is 6.06. The van der Waals surface area contributed by atoms with E-state index >= 15 is 0 Å². The van der Waals surface area contributed by atoms with E-state index in [1.165, 1.54) is 12.0 Å². The number of carbonyl (C=O) groups is 2. The van der Waals surface area contributed by atoms with Crippen molar-refractivity contribution in [2.75, 3.05) is 20.2 Å². The Labute approximate surface area is 117 Å². The zero-order valence-corrected chi connectivity index (χ0v) is 11.2. The van der Waals surface area contributed by atoms with Crippen molar-refractivity contribution in [1.29, 1.82) is 5.26 Å². The van der Waals surface area contributed by atoms with Crippen LogP contribution in [0.3, 0.4) is 0 Å². The number of esters is 1. The molecule has 0 bridgehead atoms. The summed E-state index contributed by atoms with van der Waals surface area (Å²) >= 11 is 0.